The predicted octanol–water partition coefficient (Wildman–Crippen LogP) is 0.640. The molecule has 0 saturated carbocycles. The molecule has 1 fully saturated rings. The zero-order chi connectivity index (χ0) is 20.5. The first-order valence-electron chi connectivity index (χ1n) is 10.0. The van der Waals surface area contributed by atoms with Crippen molar-refractivity contribution in [2.45, 2.75) is 25.6 Å². The van der Waals surface area contributed by atoms with Gasteiger partial charge in [-0.1, -0.05) is 30.3 Å². The van der Waals surface area contributed by atoms with Gasteiger partial charge in [-0.15, -0.1) is 0 Å². The lowest BCUT2D eigenvalue weighted by Gasteiger charge is -2.25. The second-order valence-electron chi connectivity index (χ2n) is 7.96. The highest BCUT2D eigenvalue weighted by atomic mass is 16.2. The summed E-state index contributed by atoms with van der Waals surface area (Å²) in [5.41, 5.74) is 1.63. The topological polar surface area (TPSA) is 68.3 Å². The zero-order valence-electron chi connectivity index (χ0n) is 17.3. The van der Waals surface area contributed by atoms with Crippen molar-refractivity contribution in [3.8, 4) is 0 Å². The van der Waals surface area contributed by atoms with Crippen molar-refractivity contribution in [1.82, 2.24) is 28.5 Å². The highest BCUT2D eigenvalue weighted by molar-refractivity contribution is 5.69. The molecule has 1 atom stereocenters. The summed E-state index contributed by atoms with van der Waals surface area (Å²) >= 11 is 0. The molecule has 3 heterocycles. The fourth-order valence-electron chi connectivity index (χ4n) is 4.17. The zero-order valence-corrected chi connectivity index (χ0v) is 17.3. The van der Waals surface area contributed by atoms with Crippen molar-refractivity contribution in [2.75, 3.05) is 26.7 Å². The van der Waals surface area contributed by atoms with Gasteiger partial charge in [0.15, 0.2) is 11.2 Å². The monoisotopic (exact) mass is 396 g/mol. The van der Waals surface area contributed by atoms with Crippen molar-refractivity contribution in [3.63, 3.8) is 0 Å². The van der Waals surface area contributed by atoms with Gasteiger partial charge >= 0.3 is 5.69 Å². The first kappa shape index (κ1) is 19.6. The van der Waals surface area contributed by atoms with E-state index >= 15 is 0 Å². The van der Waals surface area contributed by atoms with E-state index in [4.69, 9.17) is 0 Å². The van der Waals surface area contributed by atoms with Crippen LogP contribution in [0, 0.1) is 0 Å². The molecule has 3 aromatic rings. The lowest BCUT2D eigenvalue weighted by atomic mass is 10.2. The van der Waals surface area contributed by atoms with E-state index in [0.29, 0.717) is 23.8 Å². The minimum Gasteiger partial charge on any atom is -0.323 e. The van der Waals surface area contributed by atoms with E-state index in [1.165, 1.54) is 17.2 Å². The third-order valence-corrected chi connectivity index (χ3v) is 6.03. The number of rotatable bonds is 6. The summed E-state index contributed by atoms with van der Waals surface area (Å²) in [6.07, 6.45) is 2.81. The Morgan fingerprint density at radius 2 is 1.90 bits per heavy atom. The van der Waals surface area contributed by atoms with Crippen LogP contribution < -0.4 is 11.2 Å². The highest BCUT2D eigenvalue weighted by Crippen LogP contribution is 2.17. The van der Waals surface area contributed by atoms with Crippen LogP contribution in [0.25, 0.3) is 11.2 Å². The molecule has 1 aliphatic heterocycles. The Morgan fingerprint density at radius 3 is 2.66 bits per heavy atom. The summed E-state index contributed by atoms with van der Waals surface area (Å²) in [5, 5.41) is 0. The van der Waals surface area contributed by atoms with Gasteiger partial charge in [0.1, 0.15) is 0 Å². The molecule has 1 saturated heterocycles. The summed E-state index contributed by atoms with van der Waals surface area (Å²) in [4.78, 5) is 33.8. The maximum absolute atomic E-state index is 12.6. The fourth-order valence-corrected chi connectivity index (χ4v) is 4.17. The molecule has 8 heteroatoms. The van der Waals surface area contributed by atoms with Crippen LogP contribution in [0.1, 0.15) is 12.0 Å². The number of hydrogen-bond donors (Lipinski definition) is 0. The van der Waals surface area contributed by atoms with Crippen LogP contribution in [-0.4, -0.2) is 61.2 Å². The van der Waals surface area contributed by atoms with Crippen LogP contribution in [0.4, 0.5) is 0 Å². The number of likely N-dealkylation sites (tertiary alicyclic amines) is 1. The number of aromatic nitrogens is 4. The molecule has 4 rings (SSSR count). The van der Waals surface area contributed by atoms with Gasteiger partial charge in [-0.25, -0.2) is 9.78 Å². The van der Waals surface area contributed by atoms with E-state index in [-0.39, 0.29) is 11.2 Å². The number of hydrogen-bond acceptors (Lipinski definition) is 5. The standard InChI is InChI=1S/C21H28N6O2/c1-23(17-9-10-26(14-17)13-16-7-5-4-6-8-16)11-12-27-15-22-19-18(27)20(28)25(3)21(29)24(19)2/h4-8,15,17H,9-14H2,1-3H3/t17-/m1/s1. The summed E-state index contributed by atoms with van der Waals surface area (Å²) in [7, 11) is 5.30. The van der Waals surface area contributed by atoms with Crippen molar-refractivity contribution < 1.29 is 0 Å². The van der Waals surface area contributed by atoms with Gasteiger partial charge in [0.2, 0.25) is 0 Å². The lowest BCUT2D eigenvalue weighted by Crippen LogP contribution is -2.38. The van der Waals surface area contributed by atoms with Crippen LogP contribution in [-0.2, 0) is 27.2 Å². The smallest absolute Gasteiger partial charge is 0.323 e. The average molecular weight is 396 g/mol. The van der Waals surface area contributed by atoms with Crippen LogP contribution in [0.3, 0.4) is 0 Å². The Kier molecular flexibility index (Phi) is 5.38. The first-order valence-corrected chi connectivity index (χ1v) is 10.0. The summed E-state index contributed by atoms with van der Waals surface area (Å²) in [6.45, 7) is 4.62. The summed E-state index contributed by atoms with van der Waals surface area (Å²) in [5.74, 6) is 0. The van der Waals surface area contributed by atoms with Gasteiger partial charge in [-0.05, 0) is 19.0 Å². The Labute approximate surface area is 169 Å². The summed E-state index contributed by atoms with van der Waals surface area (Å²) in [6, 6.07) is 11.1. The SMILES string of the molecule is CN(CCn1cnc2c1c(=O)n(C)c(=O)n2C)[C@@H]1CCN(Cc2ccccc2)C1. The van der Waals surface area contributed by atoms with E-state index in [0.717, 1.165) is 37.2 Å². The molecule has 0 spiro atoms. The molecule has 0 radical (unpaired) electrons. The van der Waals surface area contributed by atoms with E-state index in [1.807, 2.05) is 4.57 Å². The Balaban J connectivity index is 1.41. The molecule has 0 unspecified atom stereocenters. The molecule has 8 nitrogen and oxygen atoms in total. The fraction of sp³-hybridized carbons (Fsp3) is 0.476. The minimum absolute atomic E-state index is 0.293. The van der Waals surface area contributed by atoms with Crippen LogP contribution in [0.5, 0.6) is 0 Å². The number of aryl methyl sites for hydroxylation is 1. The first-order chi connectivity index (χ1) is 14.0. The van der Waals surface area contributed by atoms with E-state index in [9.17, 15) is 9.59 Å². The molecular weight excluding hydrogens is 368 g/mol. The van der Waals surface area contributed by atoms with E-state index in [1.54, 1.807) is 13.4 Å². The predicted molar refractivity (Wildman–Crippen MR) is 113 cm³/mol. The Bertz CT molecular complexity index is 1110. The molecule has 1 aliphatic rings. The quantitative estimate of drug-likeness (QED) is 0.612. The molecule has 2 aromatic heterocycles. The number of imidazole rings is 1. The number of nitrogens with zero attached hydrogens (tertiary/aromatic N) is 6. The largest absolute Gasteiger partial charge is 0.332 e. The van der Waals surface area contributed by atoms with Crippen molar-refractivity contribution in [3.05, 3.63) is 63.1 Å². The third-order valence-electron chi connectivity index (χ3n) is 6.03. The van der Waals surface area contributed by atoms with Gasteiger partial charge in [0.05, 0.1) is 6.33 Å². The van der Waals surface area contributed by atoms with Crippen molar-refractivity contribution in [2.24, 2.45) is 14.1 Å². The second-order valence-corrected chi connectivity index (χ2v) is 7.96. The van der Waals surface area contributed by atoms with Crippen molar-refractivity contribution in [1.29, 1.82) is 0 Å². The third kappa shape index (κ3) is 3.77. The van der Waals surface area contributed by atoms with Crippen LogP contribution in [0.2, 0.25) is 0 Å². The molecule has 0 amide bonds. The van der Waals surface area contributed by atoms with Gasteiger partial charge in [0.25, 0.3) is 5.56 Å². The maximum atomic E-state index is 12.6. The molecule has 0 aliphatic carbocycles. The maximum Gasteiger partial charge on any atom is 0.332 e. The highest BCUT2D eigenvalue weighted by Gasteiger charge is 2.25. The van der Waals surface area contributed by atoms with Crippen LogP contribution in [0.15, 0.2) is 46.2 Å². The van der Waals surface area contributed by atoms with Gasteiger partial charge in [-0.2, -0.15) is 0 Å². The normalized spacial score (nSPS) is 17.6. The number of fused-ring (bicyclic) bond motifs is 1. The average Bonchev–Trinajstić information content (AvgIpc) is 3.37. The van der Waals surface area contributed by atoms with E-state index in [2.05, 4.69) is 52.2 Å². The summed E-state index contributed by atoms with van der Waals surface area (Å²) < 4.78 is 4.43. The number of likely N-dealkylation sites (N-methyl/N-ethyl adjacent to an activating group) is 1. The molecule has 154 valence electrons. The Morgan fingerprint density at radius 1 is 1.14 bits per heavy atom. The second kappa shape index (κ2) is 7.96. The minimum atomic E-state index is -0.352. The molecule has 29 heavy (non-hydrogen) atoms. The van der Waals surface area contributed by atoms with E-state index < -0.39 is 0 Å². The van der Waals surface area contributed by atoms with Gasteiger partial charge in [0, 0.05) is 52.9 Å². The lowest BCUT2D eigenvalue weighted by molar-refractivity contribution is 0.223. The Hall–Kier alpha value is -2.71. The van der Waals surface area contributed by atoms with Crippen molar-refractivity contribution >= 4 is 11.2 Å². The molecular formula is C21H28N6O2. The van der Waals surface area contributed by atoms with Crippen LogP contribution >= 0.6 is 0 Å². The molecule has 0 bridgehead atoms. The molecule has 1 aromatic carbocycles. The number of benzene rings is 1. The van der Waals surface area contributed by atoms with Gasteiger partial charge in [-0.3, -0.25) is 18.8 Å². The van der Waals surface area contributed by atoms with Gasteiger partial charge < -0.3 is 9.47 Å². The molecule has 0 N–H and O–H groups in total.